The molecule has 1 fully saturated rings. The van der Waals surface area contributed by atoms with Crippen LogP contribution in [0, 0.1) is 5.92 Å². The summed E-state index contributed by atoms with van der Waals surface area (Å²) in [5, 5.41) is 9.66. The largest absolute Gasteiger partial charge is 0.396 e. The van der Waals surface area contributed by atoms with Gasteiger partial charge in [-0.05, 0) is 25.2 Å². The second kappa shape index (κ2) is 6.34. The third-order valence-corrected chi connectivity index (χ3v) is 3.59. The van der Waals surface area contributed by atoms with Gasteiger partial charge in [-0.15, -0.1) is 0 Å². The summed E-state index contributed by atoms with van der Waals surface area (Å²) in [6, 6.07) is 1.83. The zero-order valence-corrected chi connectivity index (χ0v) is 11.5. The molecule has 0 aliphatic carbocycles. The van der Waals surface area contributed by atoms with E-state index in [0.717, 1.165) is 50.4 Å². The summed E-state index contributed by atoms with van der Waals surface area (Å²) in [4.78, 5) is 11.0. The summed E-state index contributed by atoms with van der Waals surface area (Å²) < 4.78 is 0. The molecule has 18 heavy (non-hydrogen) atoms. The second-order valence-corrected chi connectivity index (χ2v) is 5.22. The quantitative estimate of drug-likeness (QED) is 0.852. The fourth-order valence-corrected chi connectivity index (χ4v) is 2.49. The Kier molecular flexibility index (Phi) is 4.78. The highest BCUT2D eigenvalue weighted by Gasteiger charge is 2.20. The number of aryl methyl sites for hydroxylation is 1. The maximum Gasteiger partial charge on any atom is 0.134 e. The minimum absolute atomic E-state index is 0.291. The van der Waals surface area contributed by atoms with Crippen LogP contribution in [0.25, 0.3) is 0 Å². The lowest BCUT2D eigenvalue weighted by Crippen LogP contribution is -2.35. The average molecular weight is 270 g/mol. The van der Waals surface area contributed by atoms with Crippen LogP contribution < -0.4 is 4.90 Å². The van der Waals surface area contributed by atoms with Crippen molar-refractivity contribution in [3.63, 3.8) is 0 Å². The van der Waals surface area contributed by atoms with Crippen LogP contribution in [0.3, 0.4) is 0 Å². The summed E-state index contributed by atoms with van der Waals surface area (Å²) in [5.41, 5.74) is 0. The first kappa shape index (κ1) is 13.6. The number of aromatic nitrogens is 2. The van der Waals surface area contributed by atoms with Crippen molar-refractivity contribution in [3.8, 4) is 0 Å². The van der Waals surface area contributed by atoms with Gasteiger partial charge in [0.2, 0.25) is 0 Å². The maximum absolute atomic E-state index is 9.14. The Morgan fingerprint density at radius 1 is 1.39 bits per heavy atom. The first-order valence-electron chi connectivity index (χ1n) is 6.62. The van der Waals surface area contributed by atoms with Gasteiger partial charge in [0.05, 0.1) is 0 Å². The Hall–Kier alpha value is -0.870. The summed E-state index contributed by atoms with van der Waals surface area (Å²) in [6.07, 6.45) is 3.91. The molecule has 4 nitrogen and oxygen atoms in total. The number of hydrogen-bond donors (Lipinski definition) is 1. The Balaban J connectivity index is 2.08. The fraction of sp³-hybridized carbons (Fsp3) is 0.692. The smallest absolute Gasteiger partial charge is 0.134 e. The van der Waals surface area contributed by atoms with Gasteiger partial charge in [-0.3, -0.25) is 0 Å². The highest BCUT2D eigenvalue weighted by Crippen LogP contribution is 2.23. The highest BCUT2D eigenvalue weighted by molar-refractivity contribution is 6.29. The number of nitrogens with zero attached hydrogens (tertiary/aromatic N) is 3. The molecule has 0 amide bonds. The molecule has 0 radical (unpaired) electrons. The van der Waals surface area contributed by atoms with E-state index in [9.17, 15) is 0 Å². The van der Waals surface area contributed by atoms with E-state index >= 15 is 0 Å². The molecule has 5 heteroatoms. The van der Waals surface area contributed by atoms with Gasteiger partial charge >= 0.3 is 0 Å². The van der Waals surface area contributed by atoms with Crippen molar-refractivity contribution in [2.24, 2.45) is 5.92 Å². The zero-order valence-electron chi connectivity index (χ0n) is 10.8. The van der Waals surface area contributed by atoms with Crippen molar-refractivity contribution in [3.05, 3.63) is 17.0 Å². The zero-order chi connectivity index (χ0) is 13.0. The van der Waals surface area contributed by atoms with Gasteiger partial charge in [0.25, 0.3) is 0 Å². The molecule has 1 aliphatic rings. The lowest BCUT2D eigenvalue weighted by molar-refractivity contribution is 0.202. The van der Waals surface area contributed by atoms with Crippen LogP contribution in [-0.4, -0.2) is 34.8 Å². The third-order valence-electron chi connectivity index (χ3n) is 3.40. The van der Waals surface area contributed by atoms with Crippen LogP contribution in [-0.2, 0) is 6.42 Å². The predicted octanol–water partition coefficient (Wildman–Crippen LogP) is 2.29. The Labute approximate surface area is 113 Å². The van der Waals surface area contributed by atoms with Crippen LogP contribution >= 0.6 is 11.6 Å². The Bertz CT molecular complexity index is 392. The van der Waals surface area contributed by atoms with E-state index in [0.29, 0.717) is 17.7 Å². The highest BCUT2D eigenvalue weighted by atomic mass is 35.5. The van der Waals surface area contributed by atoms with Crippen LogP contribution in [0.5, 0.6) is 0 Å². The van der Waals surface area contributed by atoms with E-state index < -0.39 is 0 Å². The maximum atomic E-state index is 9.14. The van der Waals surface area contributed by atoms with E-state index in [1.165, 1.54) is 0 Å². The molecule has 2 heterocycles. The fourth-order valence-electron chi connectivity index (χ4n) is 2.29. The molecule has 1 saturated heterocycles. The standard InChI is InChI=1S/C13H20ClN3O/c1-2-3-12-15-11(14)8-13(16-12)17-6-4-10(9-18)5-7-17/h8,10,18H,2-7,9H2,1H3. The van der Waals surface area contributed by atoms with Crippen molar-refractivity contribution in [2.75, 3.05) is 24.6 Å². The topological polar surface area (TPSA) is 49.2 Å². The van der Waals surface area contributed by atoms with E-state index in [-0.39, 0.29) is 0 Å². The number of aliphatic hydroxyl groups is 1. The first-order chi connectivity index (χ1) is 8.72. The van der Waals surface area contributed by atoms with Crippen LogP contribution in [0.1, 0.15) is 32.0 Å². The molecule has 0 bridgehead atoms. The van der Waals surface area contributed by atoms with Crippen LogP contribution in [0.15, 0.2) is 6.07 Å². The van der Waals surface area contributed by atoms with E-state index in [1.54, 1.807) is 0 Å². The molecule has 0 saturated carbocycles. The minimum Gasteiger partial charge on any atom is -0.396 e. The molecule has 0 aromatic carbocycles. The van der Waals surface area contributed by atoms with Crippen molar-refractivity contribution in [1.29, 1.82) is 0 Å². The minimum atomic E-state index is 0.291. The van der Waals surface area contributed by atoms with Crippen molar-refractivity contribution >= 4 is 17.4 Å². The lowest BCUT2D eigenvalue weighted by Gasteiger charge is -2.32. The lowest BCUT2D eigenvalue weighted by atomic mass is 9.98. The van der Waals surface area contributed by atoms with Gasteiger partial charge in [0.15, 0.2) is 0 Å². The van der Waals surface area contributed by atoms with Crippen molar-refractivity contribution < 1.29 is 5.11 Å². The van der Waals surface area contributed by atoms with Gasteiger partial charge in [-0.25, -0.2) is 9.97 Å². The van der Waals surface area contributed by atoms with Gasteiger partial charge in [-0.2, -0.15) is 0 Å². The number of halogens is 1. The van der Waals surface area contributed by atoms with E-state index in [1.807, 2.05) is 6.07 Å². The Morgan fingerprint density at radius 3 is 2.72 bits per heavy atom. The normalized spacial score (nSPS) is 17.2. The molecule has 0 atom stereocenters. The van der Waals surface area contributed by atoms with Crippen LogP contribution in [0.2, 0.25) is 5.15 Å². The summed E-state index contributed by atoms with van der Waals surface area (Å²) in [6.45, 7) is 4.27. The second-order valence-electron chi connectivity index (χ2n) is 4.83. The average Bonchev–Trinajstić information content (AvgIpc) is 2.38. The number of piperidine rings is 1. The molecule has 0 spiro atoms. The molecular weight excluding hydrogens is 250 g/mol. The predicted molar refractivity (Wildman–Crippen MR) is 73.1 cm³/mol. The molecule has 1 aromatic rings. The third kappa shape index (κ3) is 3.33. The molecule has 2 rings (SSSR count). The molecule has 100 valence electrons. The number of anilines is 1. The summed E-state index contributed by atoms with van der Waals surface area (Å²) >= 11 is 6.04. The van der Waals surface area contributed by atoms with Gasteiger partial charge in [-0.1, -0.05) is 18.5 Å². The van der Waals surface area contributed by atoms with Gasteiger partial charge in [0, 0.05) is 32.2 Å². The summed E-state index contributed by atoms with van der Waals surface area (Å²) in [7, 11) is 0. The molecular formula is C13H20ClN3O. The van der Waals surface area contributed by atoms with Crippen molar-refractivity contribution in [1.82, 2.24) is 9.97 Å². The molecule has 1 aliphatic heterocycles. The summed E-state index contributed by atoms with van der Waals surface area (Å²) in [5.74, 6) is 2.19. The SMILES string of the molecule is CCCc1nc(Cl)cc(N2CCC(CO)CC2)n1. The monoisotopic (exact) mass is 269 g/mol. The molecule has 1 aromatic heterocycles. The number of aliphatic hydroxyl groups excluding tert-OH is 1. The van der Waals surface area contributed by atoms with Gasteiger partial charge < -0.3 is 10.0 Å². The van der Waals surface area contributed by atoms with Crippen LogP contribution in [0.4, 0.5) is 5.82 Å². The number of rotatable bonds is 4. The number of hydrogen-bond acceptors (Lipinski definition) is 4. The first-order valence-corrected chi connectivity index (χ1v) is 7.00. The molecule has 1 N–H and O–H groups in total. The van der Waals surface area contributed by atoms with Gasteiger partial charge in [0.1, 0.15) is 16.8 Å². The molecule has 0 unspecified atom stereocenters. The van der Waals surface area contributed by atoms with E-state index in [2.05, 4.69) is 21.8 Å². The van der Waals surface area contributed by atoms with Crippen molar-refractivity contribution in [2.45, 2.75) is 32.6 Å². The Morgan fingerprint density at radius 2 is 2.11 bits per heavy atom. The van der Waals surface area contributed by atoms with E-state index in [4.69, 9.17) is 16.7 Å².